The van der Waals surface area contributed by atoms with Crippen molar-refractivity contribution in [3.05, 3.63) is 28.8 Å². The molecule has 26 heavy (non-hydrogen) atoms. The fourth-order valence-corrected chi connectivity index (χ4v) is 3.20. The Labute approximate surface area is 159 Å². The van der Waals surface area contributed by atoms with Crippen molar-refractivity contribution < 1.29 is 24.5 Å². The van der Waals surface area contributed by atoms with Gasteiger partial charge in [-0.3, -0.25) is 0 Å². The molecule has 2 N–H and O–H groups in total. The average Bonchev–Trinajstić information content (AvgIpc) is 2.61. The van der Waals surface area contributed by atoms with Gasteiger partial charge in [-0.05, 0) is 57.0 Å². The first-order valence-corrected chi connectivity index (χ1v) is 9.24. The van der Waals surface area contributed by atoms with Crippen molar-refractivity contribution in [1.29, 1.82) is 0 Å². The van der Waals surface area contributed by atoms with Crippen LogP contribution in [0.25, 0.3) is 0 Å². The molecule has 0 saturated heterocycles. The molecule has 1 fully saturated rings. The maximum absolute atomic E-state index is 9.10. The molecule has 0 radical (unpaired) electrons. The number of ether oxygens (including phenoxy) is 1. The Balaban J connectivity index is 0.000000487. The summed E-state index contributed by atoms with van der Waals surface area (Å²) in [4.78, 5) is 20.7. The van der Waals surface area contributed by atoms with E-state index in [1.807, 2.05) is 25.1 Å². The number of hydrogen-bond donors (Lipinski definition) is 2. The number of benzene rings is 1. The summed E-state index contributed by atoms with van der Waals surface area (Å²) in [6, 6.07) is 6.59. The largest absolute Gasteiger partial charge is 0.493 e. The van der Waals surface area contributed by atoms with Gasteiger partial charge >= 0.3 is 11.9 Å². The first-order valence-electron chi connectivity index (χ1n) is 8.86. The molecule has 6 nitrogen and oxygen atoms in total. The van der Waals surface area contributed by atoms with Gasteiger partial charge in [0.2, 0.25) is 0 Å². The lowest BCUT2D eigenvalue weighted by atomic mass is 9.94. The molecule has 0 spiro atoms. The lowest BCUT2D eigenvalue weighted by Crippen LogP contribution is -2.34. The zero-order chi connectivity index (χ0) is 19.5. The van der Waals surface area contributed by atoms with E-state index in [-0.39, 0.29) is 0 Å². The Morgan fingerprint density at radius 1 is 1.19 bits per heavy atom. The number of aliphatic carboxylic acids is 2. The summed E-state index contributed by atoms with van der Waals surface area (Å²) in [5, 5.41) is 15.6. The summed E-state index contributed by atoms with van der Waals surface area (Å²) in [6.07, 6.45) is 8.03. The first-order chi connectivity index (χ1) is 12.3. The highest BCUT2D eigenvalue weighted by atomic mass is 35.5. The van der Waals surface area contributed by atoms with Gasteiger partial charge in [-0.15, -0.1) is 0 Å². The Morgan fingerprint density at radius 2 is 1.81 bits per heavy atom. The van der Waals surface area contributed by atoms with Gasteiger partial charge in [0, 0.05) is 17.6 Å². The average molecular weight is 386 g/mol. The van der Waals surface area contributed by atoms with Crippen molar-refractivity contribution in [3.8, 4) is 5.75 Å². The van der Waals surface area contributed by atoms with Crippen molar-refractivity contribution in [2.75, 3.05) is 20.2 Å². The molecule has 0 amide bonds. The Morgan fingerprint density at radius 3 is 2.35 bits per heavy atom. The number of rotatable bonds is 6. The van der Waals surface area contributed by atoms with Crippen LogP contribution in [-0.4, -0.2) is 53.3 Å². The molecule has 1 aromatic carbocycles. The minimum atomic E-state index is -1.82. The Hall–Kier alpha value is -1.79. The maximum Gasteiger partial charge on any atom is 0.414 e. The Kier molecular flexibility index (Phi) is 10.1. The highest BCUT2D eigenvalue weighted by Gasteiger charge is 2.17. The molecule has 0 heterocycles. The zero-order valence-corrected chi connectivity index (χ0v) is 16.2. The first kappa shape index (κ1) is 22.3. The van der Waals surface area contributed by atoms with Crippen LogP contribution in [0.4, 0.5) is 0 Å². The Bertz CT molecular complexity index is 575. The second kappa shape index (κ2) is 11.8. The smallest absolute Gasteiger partial charge is 0.414 e. The van der Waals surface area contributed by atoms with Crippen LogP contribution in [0.3, 0.4) is 0 Å². The van der Waals surface area contributed by atoms with Gasteiger partial charge in [0.1, 0.15) is 5.75 Å². The zero-order valence-electron chi connectivity index (χ0n) is 15.4. The van der Waals surface area contributed by atoms with E-state index in [1.54, 1.807) is 0 Å². The third-order valence-corrected chi connectivity index (χ3v) is 4.67. The normalized spacial score (nSPS) is 14.5. The summed E-state index contributed by atoms with van der Waals surface area (Å²) < 4.78 is 5.84. The van der Waals surface area contributed by atoms with E-state index in [0.717, 1.165) is 41.9 Å². The number of hydrogen-bond acceptors (Lipinski definition) is 4. The highest BCUT2D eigenvalue weighted by Crippen LogP contribution is 2.23. The van der Waals surface area contributed by atoms with Crippen LogP contribution in [0, 0.1) is 6.92 Å². The fourth-order valence-electron chi connectivity index (χ4n) is 2.98. The van der Waals surface area contributed by atoms with Gasteiger partial charge in [0.05, 0.1) is 6.61 Å². The number of carboxylic acids is 2. The minimum Gasteiger partial charge on any atom is -0.493 e. The van der Waals surface area contributed by atoms with E-state index in [0.29, 0.717) is 0 Å². The topological polar surface area (TPSA) is 87.1 Å². The monoisotopic (exact) mass is 385 g/mol. The molecule has 1 aliphatic carbocycles. The SMILES string of the molecule is Cc1cc(Cl)ccc1OCCCN(C)C1CCCCC1.O=C(O)C(=O)O. The lowest BCUT2D eigenvalue weighted by molar-refractivity contribution is -0.159. The van der Waals surface area contributed by atoms with Gasteiger partial charge in [0.25, 0.3) is 0 Å². The second-order valence-electron chi connectivity index (χ2n) is 6.49. The second-order valence-corrected chi connectivity index (χ2v) is 6.93. The van der Waals surface area contributed by atoms with Crippen LogP contribution in [0.5, 0.6) is 5.75 Å². The van der Waals surface area contributed by atoms with Crippen molar-refractivity contribution >= 4 is 23.5 Å². The van der Waals surface area contributed by atoms with Crippen molar-refractivity contribution in [3.63, 3.8) is 0 Å². The van der Waals surface area contributed by atoms with E-state index in [9.17, 15) is 0 Å². The summed E-state index contributed by atoms with van der Waals surface area (Å²) in [5.74, 6) is -2.69. The van der Waals surface area contributed by atoms with E-state index >= 15 is 0 Å². The summed E-state index contributed by atoms with van der Waals surface area (Å²) >= 11 is 5.94. The van der Waals surface area contributed by atoms with Gasteiger partial charge in [-0.25, -0.2) is 9.59 Å². The third-order valence-electron chi connectivity index (χ3n) is 4.43. The fraction of sp³-hybridized carbons (Fsp3) is 0.579. The van der Waals surface area contributed by atoms with E-state index in [1.165, 1.54) is 32.1 Å². The molecule has 0 bridgehead atoms. The van der Waals surface area contributed by atoms with Gasteiger partial charge in [0.15, 0.2) is 0 Å². The van der Waals surface area contributed by atoms with Crippen LogP contribution in [0.1, 0.15) is 44.1 Å². The van der Waals surface area contributed by atoms with Crippen LogP contribution < -0.4 is 4.74 Å². The molecule has 1 aliphatic rings. The summed E-state index contributed by atoms with van der Waals surface area (Å²) in [7, 11) is 2.25. The van der Waals surface area contributed by atoms with Crippen LogP contribution in [0.2, 0.25) is 5.02 Å². The van der Waals surface area contributed by atoms with Gasteiger partial charge < -0.3 is 19.8 Å². The molecule has 0 aromatic heterocycles. The van der Waals surface area contributed by atoms with Gasteiger partial charge in [-0.2, -0.15) is 0 Å². The van der Waals surface area contributed by atoms with Crippen LogP contribution in [-0.2, 0) is 9.59 Å². The van der Waals surface area contributed by atoms with Crippen LogP contribution >= 0.6 is 11.6 Å². The number of carboxylic acid groups (broad SMARTS) is 2. The predicted molar refractivity (Wildman–Crippen MR) is 101 cm³/mol. The van der Waals surface area contributed by atoms with Crippen LogP contribution in [0.15, 0.2) is 18.2 Å². The minimum absolute atomic E-state index is 0.770. The van der Waals surface area contributed by atoms with Crippen molar-refractivity contribution in [1.82, 2.24) is 4.90 Å². The van der Waals surface area contributed by atoms with E-state index in [4.69, 9.17) is 36.1 Å². The number of carbonyl (C=O) groups is 2. The van der Waals surface area contributed by atoms with Gasteiger partial charge in [-0.1, -0.05) is 30.9 Å². The molecule has 0 unspecified atom stereocenters. The lowest BCUT2D eigenvalue weighted by Gasteiger charge is -2.31. The van der Waals surface area contributed by atoms with E-state index in [2.05, 4.69) is 11.9 Å². The number of nitrogens with zero attached hydrogens (tertiary/aromatic N) is 1. The molecule has 146 valence electrons. The number of aryl methyl sites for hydroxylation is 1. The predicted octanol–water partition coefficient (Wildman–Crippen LogP) is 3.84. The summed E-state index contributed by atoms with van der Waals surface area (Å²) in [6.45, 7) is 3.94. The van der Waals surface area contributed by atoms with Crippen molar-refractivity contribution in [2.45, 2.75) is 51.5 Å². The highest BCUT2D eigenvalue weighted by molar-refractivity contribution is 6.30. The molecule has 1 aromatic rings. The molecule has 7 heteroatoms. The molecule has 0 atom stereocenters. The molecule has 1 saturated carbocycles. The molecular weight excluding hydrogens is 358 g/mol. The van der Waals surface area contributed by atoms with E-state index < -0.39 is 11.9 Å². The molecule has 2 rings (SSSR count). The van der Waals surface area contributed by atoms with Crippen molar-refractivity contribution in [2.24, 2.45) is 0 Å². The quantitative estimate of drug-likeness (QED) is 0.571. The number of halogens is 1. The third kappa shape index (κ3) is 8.54. The maximum atomic E-state index is 9.10. The molecular formula is C19H28ClNO5. The molecule has 0 aliphatic heterocycles. The standard InChI is InChI=1S/C17H26ClNO.C2H2O4/c1-14-13-15(18)9-10-17(14)20-12-6-11-19(2)16-7-4-3-5-8-16;3-1(4)2(5)6/h9-10,13,16H,3-8,11-12H2,1-2H3;(H,3,4)(H,5,6). The summed E-state index contributed by atoms with van der Waals surface area (Å²) in [5.41, 5.74) is 1.11.